The van der Waals surface area contributed by atoms with E-state index in [2.05, 4.69) is 5.32 Å². The van der Waals surface area contributed by atoms with Crippen molar-refractivity contribution in [2.75, 3.05) is 31.5 Å². The van der Waals surface area contributed by atoms with Crippen molar-refractivity contribution in [2.24, 2.45) is 0 Å². The van der Waals surface area contributed by atoms with Crippen molar-refractivity contribution in [3.63, 3.8) is 0 Å². The molecule has 1 saturated heterocycles. The van der Waals surface area contributed by atoms with Gasteiger partial charge in [0, 0.05) is 38.1 Å². The van der Waals surface area contributed by atoms with Crippen LogP contribution in [0.2, 0.25) is 10.0 Å². The summed E-state index contributed by atoms with van der Waals surface area (Å²) in [5.74, 6) is -0.587. The number of benzene rings is 2. The summed E-state index contributed by atoms with van der Waals surface area (Å²) in [6.07, 6.45) is 1.45. The first-order chi connectivity index (χ1) is 14.7. The number of sulfonamides is 1. The third kappa shape index (κ3) is 5.57. The lowest BCUT2D eigenvalue weighted by atomic mass is 10.2. The van der Waals surface area contributed by atoms with E-state index in [9.17, 15) is 18.5 Å². The standard InChI is InChI=1S/C21H20Cl2N4O3S/c1-15-2-5-18(6-3-15)31(29,30)27-10-8-26(9-11-27)14-16(13-24)21(28)25-17-4-7-19(22)20(23)12-17/h2-7,12,14H,8-11H2,1H3,(H,25,28)/b16-14-. The number of hydrogen-bond donors (Lipinski definition) is 1. The van der Waals surface area contributed by atoms with Crippen LogP contribution >= 0.6 is 23.2 Å². The van der Waals surface area contributed by atoms with Crippen molar-refractivity contribution in [3.05, 3.63) is 69.8 Å². The molecule has 0 spiro atoms. The molecule has 1 fully saturated rings. The molecule has 0 radical (unpaired) electrons. The number of aryl methyl sites for hydroxylation is 1. The van der Waals surface area contributed by atoms with Gasteiger partial charge in [-0.15, -0.1) is 0 Å². The van der Waals surface area contributed by atoms with Crippen molar-refractivity contribution in [2.45, 2.75) is 11.8 Å². The van der Waals surface area contributed by atoms with Crippen LogP contribution in [0.25, 0.3) is 0 Å². The largest absolute Gasteiger partial charge is 0.373 e. The number of anilines is 1. The normalized spacial score (nSPS) is 15.4. The van der Waals surface area contributed by atoms with Crippen molar-refractivity contribution in [3.8, 4) is 6.07 Å². The lowest BCUT2D eigenvalue weighted by Crippen LogP contribution is -2.46. The number of nitrogens with zero attached hydrogens (tertiary/aromatic N) is 3. The number of nitrogens with one attached hydrogen (secondary N) is 1. The highest BCUT2D eigenvalue weighted by Gasteiger charge is 2.28. The fourth-order valence-electron chi connectivity index (χ4n) is 3.03. The lowest BCUT2D eigenvalue weighted by molar-refractivity contribution is -0.112. The first-order valence-corrected chi connectivity index (χ1v) is 11.6. The molecule has 1 aliphatic rings. The van der Waals surface area contributed by atoms with E-state index in [4.69, 9.17) is 23.2 Å². The van der Waals surface area contributed by atoms with E-state index >= 15 is 0 Å². The Hall–Kier alpha value is -2.57. The molecule has 2 aromatic rings. The van der Waals surface area contributed by atoms with Crippen LogP contribution < -0.4 is 5.32 Å². The van der Waals surface area contributed by atoms with Gasteiger partial charge in [0.1, 0.15) is 11.6 Å². The molecule has 0 aliphatic carbocycles. The minimum absolute atomic E-state index is 0.0964. The summed E-state index contributed by atoms with van der Waals surface area (Å²) in [7, 11) is -3.58. The molecule has 0 unspecified atom stereocenters. The third-order valence-corrected chi connectivity index (χ3v) is 7.44. The van der Waals surface area contributed by atoms with Crippen molar-refractivity contribution in [1.29, 1.82) is 5.26 Å². The fourth-order valence-corrected chi connectivity index (χ4v) is 4.75. The van der Waals surface area contributed by atoms with E-state index in [1.165, 1.54) is 16.6 Å². The maximum absolute atomic E-state index is 12.8. The second kappa shape index (κ2) is 9.71. The van der Waals surface area contributed by atoms with Crippen LogP contribution in [-0.2, 0) is 14.8 Å². The minimum Gasteiger partial charge on any atom is -0.373 e. The Morgan fingerprint density at radius 3 is 2.29 bits per heavy atom. The Morgan fingerprint density at radius 2 is 1.71 bits per heavy atom. The smallest absolute Gasteiger partial charge is 0.267 e. The molecule has 10 heteroatoms. The molecular formula is C21H20Cl2N4O3S. The van der Waals surface area contributed by atoms with E-state index < -0.39 is 15.9 Å². The number of amides is 1. The summed E-state index contributed by atoms with van der Waals surface area (Å²) in [6, 6.07) is 13.2. The topological polar surface area (TPSA) is 93.5 Å². The Morgan fingerprint density at radius 1 is 1.06 bits per heavy atom. The molecule has 0 bridgehead atoms. The summed E-state index contributed by atoms with van der Waals surface area (Å²) >= 11 is 11.8. The zero-order valence-electron chi connectivity index (χ0n) is 16.7. The van der Waals surface area contributed by atoms with Crippen LogP contribution in [0.3, 0.4) is 0 Å². The van der Waals surface area contributed by atoms with Gasteiger partial charge in [0.25, 0.3) is 5.91 Å². The summed E-state index contributed by atoms with van der Waals surface area (Å²) in [6.45, 7) is 3.11. The summed E-state index contributed by atoms with van der Waals surface area (Å²) < 4.78 is 27.0. The second-order valence-corrected chi connectivity index (χ2v) is 9.74. The molecule has 162 valence electrons. The molecule has 31 heavy (non-hydrogen) atoms. The highest BCUT2D eigenvalue weighted by Crippen LogP contribution is 2.25. The molecule has 1 aliphatic heterocycles. The SMILES string of the molecule is Cc1ccc(S(=O)(=O)N2CCN(/C=C(/C#N)C(=O)Nc3ccc(Cl)c(Cl)c3)CC2)cc1. The highest BCUT2D eigenvalue weighted by molar-refractivity contribution is 7.89. The number of carbonyl (C=O) groups is 1. The van der Waals surface area contributed by atoms with Gasteiger partial charge in [0.15, 0.2) is 0 Å². The van der Waals surface area contributed by atoms with Gasteiger partial charge in [-0.25, -0.2) is 8.42 Å². The van der Waals surface area contributed by atoms with Crippen molar-refractivity contribution in [1.82, 2.24) is 9.21 Å². The lowest BCUT2D eigenvalue weighted by Gasteiger charge is -2.33. The Bertz CT molecular complexity index is 1150. The number of hydrogen-bond acceptors (Lipinski definition) is 5. The van der Waals surface area contributed by atoms with Crippen LogP contribution in [-0.4, -0.2) is 49.7 Å². The number of nitriles is 1. The van der Waals surface area contributed by atoms with Gasteiger partial charge in [-0.1, -0.05) is 40.9 Å². The monoisotopic (exact) mass is 478 g/mol. The Balaban J connectivity index is 1.64. The molecule has 0 atom stereocenters. The molecule has 0 saturated carbocycles. The third-order valence-electron chi connectivity index (χ3n) is 4.79. The van der Waals surface area contributed by atoms with E-state index in [1.54, 1.807) is 41.3 Å². The maximum Gasteiger partial charge on any atom is 0.267 e. The second-order valence-electron chi connectivity index (χ2n) is 6.99. The average Bonchev–Trinajstić information content (AvgIpc) is 2.75. The van der Waals surface area contributed by atoms with Crippen molar-refractivity contribution >= 4 is 44.8 Å². The molecule has 1 heterocycles. The Kier molecular flexibility index (Phi) is 7.23. The number of carbonyl (C=O) groups excluding carboxylic acids is 1. The Labute approximate surface area is 191 Å². The zero-order chi connectivity index (χ0) is 22.6. The summed E-state index contributed by atoms with van der Waals surface area (Å²) in [5.41, 5.74) is 1.30. The number of rotatable bonds is 5. The van der Waals surface area contributed by atoms with Gasteiger partial charge < -0.3 is 10.2 Å². The quantitative estimate of drug-likeness (QED) is 0.522. The van der Waals surface area contributed by atoms with Gasteiger partial charge in [-0.2, -0.15) is 9.57 Å². The first kappa shape index (κ1) is 23.1. The highest BCUT2D eigenvalue weighted by atomic mass is 35.5. The predicted molar refractivity (Wildman–Crippen MR) is 120 cm³/mol. The molecule has 7 nitrogen and oxygen atoms in total. The van der Waals surface area contributed by atoms with Gasteiger partial charge in [-0.05, 0) is 37.3 Å². The van der Waals surface area contributed by atoms with Gasteiger partial charge in [0.05, 0.1) is 14.9 Å². The van der Waals surface area contributed by atoms with Gasteiger partial charge >= 0.3 is 0 Å². The van der Waals surface area contributed by atoms with Crippen LogP contribution in [0.15, 0.2) is 59.1 Å². The molecule has 3 rings (SSSR count). The zero-order valence-corrected chi connectivity index (χ0v) is 19.0. The molecule has 0 aromatic heterocycles. The summed E-state index contributed by atoms with van der Waals surface area (Å²) in [4.78, 5) is 14.4. The van der Waals surface area contributed by atoms with Crippen LogP contribution in [0.5, 0.6) is 0 Å². The molecular weight excluding hydrogens is 459 g/mol. The molecule has 1 amide bonds. The summed E-state index contributed by atoms with van der Waals surface area (Å²) in [5, 5.41) is 12.6. The number of piperazine rings is 1. The van der Waals surface area contributed by atoms with Gasteiger partial charge in [0.2, 0.25) is 10.0 Å². The average molecular weight is 479 g/mol. The fraction of sp³-hybridized carbons (Fsp3) is 0.238. The van der Waals surface area contributed by atoms with Crippen LogP contribution in [0, 0.1) is 18.3 Å². The van der Waals surface area contributed by atoms with E-state index in [1.807, 2.05) is 13.0 Å². The van der Waals surface area contributed by atoms with Crippen molar-refractivity contribution < 1.29 is 13.2 Å². The maximum atomic E-state index is 12.8. The minimum atomic E-state index is -3.58. The molecule has 2 aromatic carbocycles. The van der Waals surface area contributed by atoms with E-state index in [-0.39, 0.29) is 28.6 Å². The number of halogens is 2. The van der Waals surface area contributed by atoms with E-state index in [0.717, 1.165) is 5.56 Å². The molecule has 1 N–H and O–H groups in total. The van der Waals surface area contributed by atoms with Crippen LogP contribution in [0.4, 0.5) is 5.69 Å². The van der Waals surface area contributed by atoms with Crippen LogP contribution in [0.1, 0.15) is 5.56 Å². The predicted octanol–water partition coefficient (Wildman–Crippen LogP) is 3.65. The van der Waals surface area contributed by atoms with E-state index in [0.29, 0.717) is 23.8 Å². The van der Waals surface area contributed by atoms with Gasteiger partial charge in [-0.3, -0.25) is 4.79 Å². The first-order valence-electron chi connectivity index (χ1n) is 9.40.